The van der Waals surface area contributed by atoms with Gasteiger partial charge in [0.25, 0.3) is 5.91 Å². The number of esters is 1. The number of fused-ring (bicyclic) bond motifs is 3. The van der Waals surface area contributed by atoms with Crippen molar-refractivity contribution in [1.82, 2.24) is 9.88 Å². The highest BCUT2D eigenvalue weighted by Crippen LogP contribution is 2.30. The van der Waals surface area contributed by atoms with Crippen LogP contribution < -0.4 is 5.32 Å². The van der Waals surface area contributed by atoms with Gasteiger partial charge in [-0.05, 0) is 37.8 Å². The van der Waals surface area contributed by atoms with Crippen LogP contribution in [-0.2, 0) is 22.5 Å². The van der Waals surface area contributed by atoms with Crippen LogP contribution in [0.2, 0.25) is 0 Å². The van der Waals surface area contributed by atoms with Crippen molar-refractivity contribution in [1.29, 1.82) is 0 Å². The largest absolute Gasteiger partial charge is 0.449 e. The van der Waals surface area contributed by atoms with Crippen LogP contribution in [0.5, 0.6) is 0 Å². The summed E-state index contributed by atoms with van der Waals surface area (Å²) >= 11 is 0. The molecule has 0 saturated carbocycles. The quantitative estimate of drug-likeness (QED) is 0.356. The van der Waals surface area contributed by atoms with Crippen molar-refractivity contribution in [2.45, 2.75) is 52.3 Å². The predicted octanol–water partition coefficient (Wildman–Crippen LogP) is 5.73. The predicted molar refractivity (Wildman–Crippen MR) is 143 cm³/mol. The molecule has 1 amide bonds. The maximum absolute atomic E-state index is 13.7. The Morgan fingerprint density at radius 3 is 2.50 bits per heavy atom. The van der Waals surface area contributed by atoms with Crippen LogP contribution in [0.4, 0.5) is 5.69 Å². The van der Waals surface area contributed by atoms with Crippen LogP contribution in [0.25, 0.3) is 21.7 Å². The standard InChI is InChI=1S/C30H31N3O3/c1-4-27(29(34)32-24-15-9-11-20-10-5-6-12-21(20)24)36-30(35)28-22-13-7-8-14-25(22)31-26-16-17-33(19(2)3)18-23(26)28/h5-15,19,27H,4,16-18H2,1-3H3,(H,32,34). The van der Waals surface area contributed by atoms with Gasteiger partial charge in [-0.2, -0.15) is 0 Å². The Labute approximate surface area is 211 Å². The highest BCUT2D eigenvalue weighted by atomic mass is 16.5. The van der Waals surface area contributed by atoms with Gasteiger partial charge in [-0.25, -0.2) is 4.79 Å². The number of anilines is 1. The molecular formula is C30H31N3O3. The summed E-state index contributed by atoms with van der Waals surface area (Å²) in [7, 11) is 0. The van der Waals surface area contributed by atoms with Gasteiger partial charge >= 0.3 is 5.97 Å². The maximum atomic E-state index is 13.7. The van der Waals surface area contributed by atoms with Crippen LogP contribution in [0.3, 0.4) is 0 Å². The van der Waals surface area contributed by atoms with Gasteiger partial charge in [-0.15, -0.1) is 0 Å². The first-order valence-electron chi connectivity index (χ1n) is 12.6. The van der Waals surface area contributed by atoms with E-state index in [1.54, 1.807) is 0 Å². The monoisotopic (exact) mass is 481 g/mol. The molecule has 0 bridgehead atoms. The van der Waals surface area contributed by atoms with Gasteiger partial charge in [-0.1, -0.05) is 61.5 Å². The van der Waals surface area contributed by atoms with Crippen molar-refractivity contribution in [2.75, 3.05) is 11.9 Å². The molecule has 184 valence electrons. The Morgan fingerprint density at radius 2 is 1.72 bits per heavy atom. The normalized spacial score (nSPS) is 14.6. The molecule has 5 rings (SSSR count). The molecule has 1 aromatic heterocycles. The topological polar surface area (TPSA) is 71.5 Å². The molecule has 0 saturated heterocycles. The van der Waals surface area contributed by atoms with E-state index in [0.29, 0.717) is 30.3 Å². The summed E-state index contributed by atoms with van der Waals surface area (Å²) in [6.07, 6.45) is 0.229. The van der Waals surface area contributed by atoms with Gasteiger partial charge in [0.2, 0.25) is 0 Å². The van der Waals surface area contributed by atoms with Gasteiger partial charge in [0.05, 0.1) is 11.1 Å². The maximum Gasteiger partial charge on any atom is 0.340 e. The Balaban J connectivity index is 1.46. The summed E-state index contributed by atoms with van der Waals surface area (Å²) in [4.78, 5) is 34.1. The molecule has 1 atom stereocenters. The third-order valence-corrected chi connectivity index (χ3v) is 6.97. The van der Waals surface area contributed by atoms with Gasteiger partial charge in [0, 0.05) is 53.3 Å². The van der Waals surface area contributed by atoms with Crippen molar-refractivity contribution in [2.24, 2.45) is 0 Å². The second kappa shape index (κ2) is 10.1. The molecule has 6 nitrogen and oxygen atoms in total. The third kappa shape index (κ3) is 4.56. The zero-order valence-corrected chi connectivity index (χ0v) is 21.0. The van der Waals surface area contributed by atoms with Crippen molar-refractivity contribution < 1.29 is 14.3 Å². The second-order valence-corrected chi connectivity index (χ2v) is 9.56. The van der Waals surface area contributed by atoms with Crippen LogP contribution in [0.15, 0.2) is 66.7 Å². The minimum atomic E-state index is -0.913. The Bertz CT molecular complexity index is 1440. The number of carbonyl (C=O) groups is 2. The molecule has 1 N–H and O–H groups in total. The highest BCUT2D eigenvalue weighted by molar-refractivity contribution is 6.07. The lowest BCUT2D eigenvalue weighted by atomic mass is 9.95. The number of aromatic nitrogens is 1. The molecule has 3 aromatic carbocycles. The molecule has 6 heteroatoms. The van der Waals surface area contributed by atoms with E-state index in [2.05, 4.69) is 24.1 Å². The van der Waals surface area contributed by atoms with E-state index in [9.17, 15) is 9.59 Å². The number of nitrogens with one attached hydrogen (secondary N) is 1. The van der Waals surface area contributed by atoms with Crippen LogP contribution >= 0.6 is 0 Å². The number of pyridine rings is 1. The van der Waals surface area contributed by atoms with E-state index in [-0.39, 0.29) is 5.91 Å². The summed E-state index contributed by atoms with van der Waals surface area (Å²) < 4.78 is 5.90. The zero-order valence-electron chi connectivity index (χ0n) is 21.0. The molecule has 0 spiro atoms. The molecule has 1 unspecified atom stereocenters. The van der Waals surface area contributed by atoms with E-state index >= 15 is 0 Å². The summed E-state index contributed by atoms with van der Waals surface area (Å²) in [5.74, 6) is -0.811. The van der Waals surface area contributed by atoms with E-state index in [1.807, 2.05) is 73.7 Å². The third-order valence-electron chi connectivity index (χ3n) is 6.97. The molecule has 36 heavy (non-hydrogen) atoms. The minimum absolute atomic E-state index is 0.335. The summed E-state index contributed by atoms with van der Waals surface area (Å²) in [5, 5.41) is 5.71. The number of hydrogen-bond acceptors (Lipinski definition) is 5. The molecule has 4 aromatic rings. The van der Waals surface area contributed by atoms with Crippen molar-refractivity contribution >= 4 is 39.2 Å². The minimum Gasteiger partial charge on any atom is -0.449 e. The Kier molecular flexibility index (Phi) is 6.70. The number of rotatable bonds is 6. The van der Waals surface area contributed by atoms with E-state index in [0.717, 1.165) is 45.9 Å². The number of benzene rings is 3. The number of nitrogens with zero attached hydrogens (tertiary/aromatic N) is 2. The lowest BCUT2D eigenvalue weighted by molar-refractivity contribution is -0.124. The smallest absolute Gasteiger partial charge is 0.340 e. The fourth-order valence-electron chi connectivity index (χ4n) is 4.94. The van der Waals surface area contributed by atoms with Crippen molar-refractivity contribution in [3.05, 3.63) is 83.6 Å². The Morgan fingerprint density at radius 1 is 1.00 bits per heavy atom. The van der Waals surface area contributed by atoms with Crippen LogP contribution in [-0.4, -0.2) is 40.5 Å². The average Bonchev–Trinajstić information content (AvgIpc) is 2.90. The lowest BCUT2D eigenvalue weighted by Crippen LogP contribution is -2.38. The number of ether oxygens (including phenoxy) is 1. The lowest BCUT2D eigenvalue weighted by Gasteiger charge is -2.32. The number of para-hydroxylation sites is 1. The Hall–Kier alpha value is -3.77. The fourth-order valence-corrected chi connectivity index (χ4v) is 4.94. The first-order valence-corrected chi connectivity index (χ1v) is 12.6. The van der Waals surface area contributed by atoms with E-state index < -0.39 is 12.1 Å². The van der Waals surface area contributed by atoms with Gasteiger partial charge in [-0.3, -0.25) is 14.7 Å². The van der Waals surface area contributed by atoms with Gasteiger partial charge in [0.1, 0.15) is 0 Å². The summed E-state index contributed by atoms with van der Waals surface area (Å²) in [5.41, 5.74) is 3.84. The van der Waals surface area contributed by atoms with Gasteiger partial charge < -0.3 is 10.1 Å². The summed E-state index contributed by atoms with van der Waals surface area (Å²) in [6.45, 7) is 7.69. The molecule has 1 aliphatic rings. The fraction of sp³-hybridized carbons (Fsp3) is 0.300. The first-order chi connectivity index (χ1) is 17.5. The highest BCUT2D eigenvalue weighted by Gasteiger charge is 2.30. The second-order valence-electron chi connectivity index (χ2n) is 9.56. The van der Waals surface area contributed by atoms with Gasteiger partial charge in [0.15, 0.2) is 6.10 Å². The average molecular weight is 482 g/mol. The van der Waals surface area contributed by atoms with Crippen LogP contribution in [0.1, 0.15) is 48.8 Å². The molecule has 0 fully saturated rings. The zero-order chi connectivity index (χ0) is 25.2. The number of amides is 1. The van der Waals surface area contributed by atoms with E-state index in [4.69, 9.17) is 9.72 Å². The molecule has 0 aliphatic carbocycles. The number of carbonyl (C=O) groups excluding carboxylic acids is 2. The molecule has 2 heterocycles. The van der Waals surface area contributed by atoms with E-state index in [1.165, 1.54) is 0 Å². The van der Waals surface area contributed by atoms with Crippen molar-refractivity contribution in [3.63, 3.8) is 0 Å². The van der Waals surface area contributed by atoms with Crippen molar-refractivity contribution in [3.8, 4) is 0 Å². The SMILES string of the molecule is CCC(OC(=O)c1c2c(nc3ccccc13)CCN(C(C)C)C2)C(=O)Nc1cccc2ccccc12. The summed E-state index contributed by atoms with van der Waals surface area (Å²) in [6, 6.07) is 21.6. The van der Waals surface area contributed by atoms with Crippen LogP contribution in [0, 0.1) is 0 Å². The number of hydrogen-bond donors (Lipinski definition) is 1. The first kappa shape index (κ1) is 23.9. The molecule has 1 aliphatic heterocycles. The molecule has 0 radical (unpaired) electrons. The molecular weight excluding hydrogens is 450 g/mol.